The van der Waals surface area contributed by atoms with E-state index >= 15 is 0 Å². The minimum atomic E-state index is 0.0304. The summed E-state index contributed by atoms with van der Waals surface area (Å²) in [5, 5.41) is 0. The minimum absolute atomic E-state index is 0.0304. The summed E-state index contributed by atoms with van der Waals surface area (Å²) in [5.41, 5.74) is 7.97. The van der Waals surface area contributed by atoms with Crippen molar-refractivity contribution in [2.24, 2.45) is 5.73 Å². The van der Waals surface area contributed by atoms with Crippen molar-refractivity contribution < 1.29 is 0 Å². The molecule has 0 spiro atoms. The lowest BCUT2D eigenvalue weighted by atomic mass is 9.82. The Kier molecular flexibility index (Phi) is 3.60. The third kappa shape index (κ3) is 2.28. The Morgan fingerprint density at radius 3 is 2.69 bits per heavy atom. The van der Waals surface area contributed by atoms with Gasteiger partial charge in [-0.3, -0.25) is 0 Å². The molecule has 0 fully saturated rings. The first-order chi connectivity index (χ1) is 7.68. The normalized spacial score (nSPS) is 19.8. The molecule has 88 valence electrons. The summed E-state index contributed by atoms with van der Waals surface area (Å²) in [6, 6.07) is 8.78. The first-order valence-electron chi connectivity index (χ1n) is 6.19. The maximum Gasteiger partial charge on any atom is 0.0155 e. The van der Waals surface area contributed by atoms with E-state index in [1.54, 1.807) is 0 Å². The highest BCUT2D eigenvalue weighted by atomic mass is 32.2. The molecule has 2 heteroatoms. The number of nitrogens with two attached hydrogens (primary N) is 1. The van der Waals surface area contributed by atoms with Gasteiger partial charge in [0.1, 0.15) is 0 Å². The monoisotopic (exact) mass is 235 g/mol. The van der Waals surface area contributed by atoms with Gasteiger partial charge in [-0.1, -0.05) is 32.0 Å². The molecule has 1 aliphatic heterocycles. The first-order valence-corrected chi connectivity index (χ1v) is 7.17. The van der Waals surface area contributed by atoms with Gasteiger partial charge in [0.25, 0.3) is 0 Å². The molecule has 16 heavy (non-hydrogen) atoms. The van der Waals surface area contributed by atoms with E-state index in [1.807, 2.05) is 11.8 Å². The Labute approximate surface area is 103 Å². The van der Waals surface area contributed by atoms with Crippen LogP contribution in [0.1, 0.15) is 44.6 Å². The molecule has 0 amide bonds. The molecule has 0 aliphatic carbocycles. The Bertz CT molecular complexity index is 358. The molecule has 0 bridgehead atoms. The van der Waals surface area contributed by atoms with Gasteiger partial charge < -0.3 is 5.73 Å². The molecule has 0 aromatic heterocycles. The van der Waals surface area contributed by atoms with Gasteiger partial charge in [0, 0.05) is 16.2 Å². The number of hydrogen-bond donors (Lipinski definition) is 1. The number of fused-ring (bicyclic) bond motifs is 1. The van der Waals surface area contributed by atoms with Crippen LogP contribution in [-0.4, -0.2) is 11.3 Å². The van der Waals surface area contributed by atoms with Gasteiger partial charge in [0.05, 0.1) is 0 Å². The summed E-state index contributed by atoms with van der Waals surface area (Å²) in [6.07, 6.45) is 3.28. The number of rotatable bonds is 4. The van der Waals surface area contributed by atoms with Crippen molar-refractivity contribution in [1.29, 1.82) is 0 Å². The van der Waals surface area contributed by atoms with E-state index < -0.39 is 0 Å². The standard InChI is InChI=1S/C14H21NS/c1-3-14(15,4-2)9-11-10-16-13-8-6-5-7-12(11)13/h5-8,11H,3-4,9-10,15H2,1-2H3. The predicted molar refractivity (Wildman–Crippen MR) is 72.0 cm³/mol. The van der Waals surface area contributed by atoms with Crippen molar-refractivity contribution >= 4 is 11.8 Å². The van der Waals surface area contributed by atoms with Gasteiger partial charge >= 0.3 is 0 Å². The Morgan fingerprint density at radius 1 is 1.31 bits per heavy atom. The van der Waals surface area contributed by atoms with Crippen LogP contribution in [0.25, 0.3) is 0 Å². The van der Waals surface area contributed by atoms with Gasteiger partial charge in [-0.15, -0.1) is 11.8 Å². The molecule has 1 aromatic rings. The van der Waals surface area contributed by atoms with Crippen molar-refractivity contribution in [2.75, 3.05) is 5.75 Å². The maximum absolute atomic E-state index is 6.42. The second-order valence-electron chi connectivity index (χ2n) is 4.82. The van der Waals surface area contributed by atoms with Crippen LogP contribution in [0.5, 0.6) is 0 Å². The zero-order valence-electron chi connectivity index (χ0n) is 10.2. The quantitative estimate of drug-likeness (QED) is 0.859. The van der Waals surface area contributed by atoms with E-state index in [2.05, 4.69) is 38.1 Å². The highest BCUT2D eigenvalue weighted by molar-refractivity contribution is 7.99. The van der Waals surface area contributed by atoms with Crippen molar-refractivity contribution in [3.63, 3.8) is 0 Å². The van der Waals surface area contributed by atoms with Crippen LogP contribution in [-0.2, 0) is 0 Å². The average Bonchev–Trinajstić information content (AvgIpc) is 2.73. The Hall–Kier alpha value is -0.470. The van der Waals surface area contributed by atoms with Crippen LogP contribution >= 0.6 is 11.8 Å². The smallest absolute Gasteiger partial charge is 0.0155 e. The topological polar surface area (TPSA) is 26.0 Å². The molecule has 1 unspecified atom stereocenters. The van der Waals surface area contributed by atoms with Crippen molar-refractivity contribution in [1.82, 2.24) is 0 Å². The summed E-state index contributed by atoms with van der Waals surface area (Å²) in [4.78, 5) is 1.46. The molecular weight excluding hydrogens is 214 g/mol. The van der Waals surface area contributed by atoms with Crippen molar-refractivity contribution in [2.45, 2.75) is 49.5 Å². The van der Waals surface area contributed by atoms with E-state index in [-0.39, 0.29) is 5.54 Å². The summed E-state index contributed by atoms with van der Waals surface area (Å²) in [6.45, 7) is 4.41. The summed E-state index contributed by atoms with van der Waals surface area (Å²) in [7, 11) is 0. The van der Waals surface area contributed by atoms with Crippen LogP contribution in [0.4, 0.5) is 0 Å². The molecule has 0 saturated heterocycles. The SMILES string of the molecule is CCC(N)(CC)CC1CSc2ccccc21. The lowest BCUT2D eigenvalue weighted by Gasteiger charge is -2.29. The van der Waals surface area contributed by atoms with Crippen LogP contribution in [0.2, 0.25) is 0 Å². The van der Waals surface area contributed by atoms with Crippen molar-refractivity contribution in [3.05, 3.63) is 29.8 Å². The third-order valence-electron chi connectivity index (χ3n) is 3.86. The number of benzene rings is 1. The lowest BCUT2D eigenvalue weighted by molar-refractivity contribution is 0.346. The van der Waals surface area contributed by atoms with Gasteiger partial charge in [0.15, 0.2) is 0 Å². The lowest BCUT2D eigenvalue weighted by Crippen LogP contribution is -2.39. The third-order valence-corrected chi connectivity index (χ3v) is 5.11. The number of thioether (sulfide) groups is 1. The Morgan fingerprint density at radius 2 is 2.00 bits per heavy atom. The maximum atomic E-state index is 6.42. The zero-order chi connectivity index (χ0) is 11.6. The fourth-order valence-electron chi connectivity index (χ4n) is 2.43. The molecule has 2 N–H and O–H groups in total. The minimum Gasteiger partial charge on any atom is -0.325 e. The highest BCUT2D eigenvalue weighted by Gasteiger charge is 2.30. The summed E-state index contributed by atoms with van der Waals surface area (Å²) in [5.74, 6) is 1.87. The molecule has 0 saturated carbocycles. The molecule has 2 rings (SSSR count). The fourth-order valence-corrected chi connectivity index (χ4v) is 3.68. The van der Waals surface area contributed by atoms with E-state index in [1.165, 1.54) is 16.2 Å². The summed E-state index contributed by atoms with van der Waals surface area (Å²) >= 11 is 1.98. The second-order valence-corrected chi connectivity index (χ2v) is 5.88. The van der Waals surface area contributed by atoms with E-state index in [9.17, 15) is 0 Å². The van der Waals surface area contributed by atoms with Crippen LogP contribution in [0.15, 0.2) is 29.2 Å². The molecule has 1 heterocycles. The predicted octanol–water partition coefficient (Wildman–Crippen LogP) is 3.78. The van der Waals surface area contributed by atoms with Gasteiger partial charge in [-0.2, -0.15) is 0 Å². The zero-order valence-corrected chi connectivity index (χ0v) is 11.0. The number of hydrogen-bond acceptors (Lipinski definition) is 2. The van der Waals surface area contributed by atoms with E-state index in [0.29, 0.717) is 5.92 Å². The van der Waals surface area contributed by atoms with Gasteiger partial charge in [-0.25, -0.2) is 0 Å². The largest absolute Gasteiger partial charge is 0.325 e. The van der Waals surface area contributed by atoms with E-state index in [0.717, 1.165) is 19.3 Å². The highest BCUT2D eigenvalue weighted by Crippen LogP contribution is 2.43. The van der Waals surface area contributed by atoms with Gasteiger partial charge in [0.2, 0.25) is 0 Å². The van der Waals surface area contributed by atoms with Crippen LogP contribution in [0.3, 0.4) is 0 Å². The first kappa shape index (κ1) is 12.0. The average molecular weight is 235 g/mol. The molecule has 1 nitrogen and oxygen atoms in total. The van der Waals surface area contributed by atoms with Crippen LogP contribution < -0.4 is 5.73 Å². The summed E-state index contributed by atoms with van der Waals surface area (Å²) < 4.78 is 0. The molecule has 1 aromatic carbocycles. The van der Waals surface area contributed by atoms with E-state index in [4.69, 9.17) is 5.73 Å². The Balaban J connectivity index is 2.14. The van der Waals surface area contributed by atoms with Crippen LogP contribution in [0, 0.1) is 0 Å². The molecule has 1 aliphatic rings. The molecular formula is C14H21NS. The molecule has 0 radical (unpaired) electrons. The van der Waals surface area contributed by atoms with Gasteiger partial charge in [-0.05, 0) is 36.8 Å². The fraction of sp³-hybridized carbons (Fsp3) is 0.571. The second kappa shape index (κ2) is 4.80. The molecule has 1 atom stereocenters. The van der Waals surface area contributed by atoms with Crippen molar-refractivity contribution in [3.8, 4) is 0 Å².